The molecule has 0 aliphatic rings. The van der Waals surface area contributed by atoms with E-state index < -0.39 is 11.5 Å². The van der Waals surface area contributed by atoms with Crippen LogP contribution in [0.1, 0.15) is 39.3 Å². The van der Waals surface area contributed by atoms with Gasteiger partial charge in [0.2, 0.25) is 0 Å². The van der Waals surface area contributed by atoms with Crippen LogP contribution >= 0.6 is 0 Å². The normalized spacial score (nSPS) is 13.0. The standard InChI is InChI=1S/C15H19N3O2/c1-11(14(19)20-15(2,3)4)13-10-16-17-18(13)12-8-6-5-7-9-12/h5-11H,1-4H3. The van der Waals surface area contributed by atoms with Gasteiger partial charge in [-0.3, -0.25) is 4.79 Å². The fraction of sp³-hybridized carbons (Fsp3) is 0.400. The number of nitrogens with zero attached hydrogens (tertiary/aromatic N) is 3. The molecule has 2 rings (SSSR count). The van der Waals surface area contributed by atoms with Crippen molar-refractivity contribution in [3.8, 4) is 5.69 Å². The maximum absolute atomic E-state index is 12.1. The van der Waals surface area contributed by atoms with E-state index in [4.69, 9.17) is 4.74 Å². The monoisotopic (exact) mass is 273 g/mol. The zero-order valence-electron chi connectivity index (χ0n) is 12.2. The molecule has 0 aliphatic carbocycles. The highest BCUT2D eigenvalue weighted by Crippen LogP contribution is 2.21. The lowest BCUT2D eigenvalue weighted by Crippen LogP contribution is -2.27. The van der Waals surface area contributed by atoms with E-state index in [0.29, 0.717) is 5.69 Å². The maximum Gasteiger partial charge on any atom is 0.315 e. The van der Waals surface area contributed by atoms with E-state index in [1.807, 2.05) is 51.1 Å². The molecule has 5 nitrogen and oxygen atoms in total. The van der Waals surface area contributed by atoms with Crippen LogP contribution in [0.5, 0.6) is 0 Å². The Hall–Kier alpha value is -2.17. The topological polar surface area (TPSA) is 57.0 Å². The van der Waals surface area contributed by atoms with E-state index in [2.05, 4.69) is 10.3 Å². The summed E-state index contributed by atoms with van der Waals surface area (Å²) in [6, 6.07) is 9.59. The largest absolute Gasteiger partial charge is 0.459 e. The smallest absolute Gasteiger partial charge is 0.315 e. The summed E-state index contributed by atoms with van der Waals surface area (Å²) < 4.78 is 7.07. The lowest BCUT2D eigenvalue weighted by molar-refractivity contribution is -0.156. The number of hydrogen-bond acceptors (Lipinski definition) is 4. The van der Waals surface area contributed by atoms with Gasteiger partial charge in [-0.1, -0.05) is 23.4 Å². The van der Waals surface area contributed by atoms with Crippen molar-refractivity contribution in [3.05, 3.63) is 42.2 Å². The van der Waals surface area contributed by atoms with Gasteiger partial charge in [-0.15, -0.1) is 5.10 Å². The van der Waals surface area contributed by atoms with Crippen molar-refractivity contribution in [1.29, 1.82) is 0 Å². The van der Waals surface area contributed by atoms with Gasteiger partial charge in [0.15, 0.2) is 0 Å². The molecule has 0 fully saturated rings. The Labute approximate surface area is 118 Å². The second-order valence-corrected chi connectivity index (χ2v) is 5.66. The van der Waals surface area contributed by atoms with Crippen molar-refractivity contribution >= 4 is 5.97 Å². The van der Waals surface area contributed by atoms with Crippen molar-refractivity contribution in [2.24, 2.45) is 0 Å². The summed E-state index contributed by atoms with van der Waals surface area (Å²) in [6.07, 6.45) is 1.60. The number of para-hydroxylation sites is 1. The third-order valence-electron chi connectivity index (χ3n) is 2.78. The van der Waals surface area contributed by atoms with Crippen molar-refractivity contribution in [2.45, 2.75) is 39.2 Å². The van der Waals surface area contributed by atoms with Crippen LogP contribution in [-0.2, 0) is 9.53 Å². The maximum atomic E-state index is 12.1. The first kappa shape index (κ1) is 14.2. The quantitative estimate of drug-likeness (QED) is 0.807. The van der Waals surface area contributed by atoms with Gasteiger partial charge >= 0.3 is 5.97 Å². The fourth-order valence-corrected chi connectivity index (χ4v) is 1.82. The van der Waals surface area contributed by atoms with E-state index in [9.17, 15) is 4.79 Å². The molecule has 5 heteroatoms. The third-order valence-corrected chi connectivity index (χ3v) is 2.78. The van der Waals surface area contributed by atoms with Gasteiger partial charge in [-0.2, -0.15) is 0 Å². The van der Waals surface area contributed by atoms with Crippen LogP contribution in [0.15, 0.2) is 36.5 Å². The molecule has 0 N–H and O–H groups in total. The summed E-state index contributed by atoms with van der Waals surface area (Å²) in [5, 5.41) is 7.95. The van der Waals surface area contributed by atoms with Crippen LogP contribution in [0.25, 0.3) is 5.69 Å². The molecule has 0 radical (unpaired) electrons. The molecule has 106 valence electrons. The van der Waals surface area contributed by atoms with Gasteiger partial charge < -0.3 is 4.74 Å². The highest BCUT2D eigenvalue weighted by atomic mass is 16.6. The average Bonchev–Trinajstić information content (AvgIpc) is 2.86. The van der Waals surface area contributed by atoms with Crippen molar-refractivity contribution in [2.75, 3.05) is 0 Å². The fourth-order valence-electron chi connectivity index (χ4n) is 1.82. The molecule has 2 aromatic rings. The molecule has 0 amide bonds. The molecule has 1 atom stereocenters. The van der Waals surface area contributed by atoms with E-state index in [1.54, 1.807) is 17.8 Å². The number of benzene rings is 1. The van der Waals surface area contributed by atoms with Crippen LogP contribution in [0, 0.1) is 0 Å². The van der Waals surface area contributed by atoms with Crippen LogP contribution in [0.4, 0.5) is 0 Å². The number of rotatable bonds is 3. The van der Waals surface area contributed by atoms with E-state index in [1.165, 1.54) is 0 Å². The Kier molecular flexibility index (Phi) is 3.88. The molecule has 20 heavy (non-hydrogen) atoms. The summed E-state index contributed by atoms with van der Waals surface area (Å²) in [4.78, 5) is 12.1. The SMILES string of the molecule is CC(C(=O)OC(C)(C)C)c1cnnn1-c1ccccc1. The summed E-state index contributed by atoms with van der Waals surface area (Å²) >= 11 is 0. The predicted molar refractivity (Wildman–Crippen MR) is 75.6 cm³/mol. The Morgan fingerprint density at radius 1 is 1.25 bits per heavy atom. The molecule has 0 saturated heterocycles. The number of ether oxygens (including phenoxy) is 1. The zero-order chi connectivity index (χ0) is 14.8. The van der Waals surface area contributed by atoms with Gasteiger partial charge in [0, 0.05) is 0 Å². The van der Waals surface area contributed by atoms with Gasteiger partial charge in [0.25, 0.3) is 0 Å². The number of carbonyl (C=O) groups excluding carboxylic acids is 1. The molecular formula is C15H19N3O2. The molecule has 1 aromatic carbocycles. The molecule has 0 spiro atoms. The second kappa shape index (κ2) is 5.45. The molecule has 1 unspecified atom stereocenters. The minimum atomic E-state index is -0.504. The lowest BCUT2D eigenvalue weighted by atomic mass is 10.1. The van der Waals surface area contributed by atoms with E-state index >= 15 is 0 Å². The molecule has 1 aromatic heterocycles. The van der Waals surface area contributed by atoms with E-state index in [-0.39, 0.29) is 5.97 Å². The molecule has 1 heterocycles. The van der Waals surface area contributed by atoms with Crippen LogP contribution in [0.3, 0.4) is 0 Å². The molecular weight excluding hydrogens is 254 g/mol. The lowest BCUT2D eigenvalue weighted by Gasteiger charge is -2.22. The average molecular weight is 273 g/mol. The minimum absolute atomic E-state index is 0.281. The number of esters is 1. The first-order chi connectivity index (χ1) is 9.38. The van der Waals surface area contributed by atoms with Crippen LogP contribution < -0.4 is 0 Å². The Bertz CT molecular complexity index is 585. The highest BCUT2D eigenvalue weighted by molar-refractivity contribution is 5.77. The molecule has 0 saturated carbocycles. The Balaban J connectivity index is 2.26. The van der Waals surface area contributed by atoms with E-state index in [0.717, 1.165) is 5.69 Å². The summed E-state index contributed by atoms with van der Waals surface area (Å²) in [7, 11) is 0. The number of hydrogen-bond donors (Lipinski definition) is 0. The Morgan fingerprint density at radius 3 is 2.50 bits per heavy atom. The van der Waals surface area contributed by atoms with Gasteiger partial charge in [-0.05, 0) is 39.8 Å². The highest BCUT2D eigenvalue weighted by Gasteiger charge is 2.26. The third kappa shape index (κ3) is 3.23. The number of carbonyl (C=O) groups is 1. The van der Waals surface area contributed by atoms with Gasteiger partial charge in [0.1, 0.15) is 5.60 Å². The Morgan fingerprint density at radius 2 is 1.90 bits per heavy atom. The van der Waals surface area contributed by atoms with Gasteiger partial charge in [-0.25, -0.2) is 4.68 Å². The predicted octanol–water partition coefficient (Wildman–Crippen LogP) is 2.71. The van der Waals surface area contributed by atoms with Crippen LogP contribution in [-0.4, -0.2) is 26.6 Å². The summed E-state index contributed by atoms with van der Waals surface area (Å²) in [5.74, 6) is -0.707. The molecule has 0 aliphatic heterocycles. The van der Waals surface area contributed by atoms with Crippen molar-refractivity contribution < 1.29 is 9.53 Å². The van der Waals surface area contributed by atoms with Gasteiger partial charge in [0.05, 0.1) is 23.5 Å². The first-order valence-electron chi connectivity index (χ1n) is 6.57. The summed E-state index contributed by atoms with van der Waals surface area (Å²) in [5.41, 5.74) is 1.08. The minimum Gasteiger partial charge on any atom is -0.459 e. The van der Waals surface area contributed by atoms with Crippen LogP contribution in [0.2, 0.25) is 0 Å². The zero-order valence-corrected chi connectivity index (χ0v) is 12.2. The first-order valence-corrected chi connectivity index (χ1v) is 6.57. The summed E-state index contributed by atoms with van der Waals surface area (Å²) in [6.45, 7) is 7.35. The van der Waals surface area contributed by atoms with Crippen molar-refractivity contribution in [3.63, 3.8) is 0 Å². The molecule has 0 bridgehead atoms. The van der Waals surface area contributed by atoms with Crippen molar-refractivity contribution in [1.82, 2.24) is 15.0 Å². The number of aromatic nitrogens is 3. The second-order valence-electron chi connectivity index (χ2n) is 5.66.